The fraction of sp³-hybridized carbons (Fsp3) is 0.364. The van der Waals surface area contributed by atoms with Gasteiger partial charge in [0.25, 0.3) is 5.91 Å². The van der Waals surface area contributed by atoms with Crippen LogP contribution in [-0.4, -0.2) is 27.6 Å². The maximum Gasteiger partial charge on any atom is 0.255 e. The number of carbonyl (C=O) groups is 1. The second-order valence-corrected chi connectivity index (χ2v) is 7.86. The van der Waals surface area contributed by atoms with Crippen LogP contribution in [0.2, 0.25) is 0 Å². The largest absolute Gasteiger partial charge is 0.473 e. The van der Waals surface area contributed by atoms with Gasteiger partial charge in [-0.15, -0.1) is 0 Å². The average molecular weight is 414 g/mol. The third-order valence-electron chi connectivity index (χ3n) is 5.48. The van der Waals surface area contributed by atoms with Crippen molar-refractivity contribution in [3.8, 4) is 5.88 Å². The van der Waals surface area contributed by atoms with E-state index in [1.54, 1.807) is 13.0 Å². The van der Waals surface area contributed by atoms with Crippen molar-refractivity contribution in [3.05, 3.63) is 64.4 Å². The van der Waals surface area contributed by atoms with Crippen molar-refractivity contribution in [3.63, 3.8) is 0 Å². The van der Waals surface area contributed by atoms with Gasteiger partial charge in [-0.05, 0) is 56.9 Å². The van der Waals surface area contributed by atoms with Gasteiger partial charge < -0.3 is 15.8 Å². The number of halogens is 2. The number of amides is 1. The smallest absolute Gasteiger partial charge is 0.255 e. The molecule has 2 heterocycles. The monoisotopic (exact) mass is 414 g/mol. The van der Waals surface area contributed by atoms with E-state index in [1.807, 2.05) is 13.0 Å². The Morgan fingerprint density at radius 2 is 2.00 bits per heavy atom. The topological polar surface area (TPSA) is 81.7 Å². The first-order valence-electron chi connectivity index (χ1n) is 9.95. The molecule has 2 atom stereocenters. The van der Waals surface area contributed by atoms with E-state index in [2.05, 4.69) is 10.4 Å². The number of ether oxygens (including phenoxy) is 1. The molecule has 2 aromatic heterocycles. The number of aryl methyl sites for hydroxylation is 2. The predicted molar refractivity (Wildman–Crippen MR) is 108 cm³/mol. The van der Waals surface area contributed by atoms with Crippen LogP contribution in [0, 0.1) is 25.5 Å². The van der Waals surface area contributed by atoms with Crippen LogP contribution >= 0.6 is 0 Å². The van der Waals surface area contributed by atoms with Crippen molar-refractivity contribution >= 4 is 11.4 Å². The summed E-state index contributed by atoms with van der Waals surface area (Å²) in [5.41, 5.74) is 8.20. The van der Waals surface area contributed by atoms with E-state index in [4.69, 9.17) is 10.5 Å². The quantitative estimate of drug-likeness (QED) is 0.670. The third-order valence-corrected chi connectivity index (χ3v) is 5.48. The van der Waals surface area contributed by atoms with E-state index in [0.29, 0.717) is 22.7 Å². The van der Waals surface area contributed by atoms with E-state index in [0.717, 1.165) is 24.8 Å². The molecule has 1 aromatic carbocycles. The van der Waals surface area contributed by atoms with E-state index in [1.165, 1.54) is 22.7 Å². The molecule has 0 bridgehead atoms. The molecule has 3 aromatic rings. The van der Waals surface area contributed by atoms with Crippen LogP contribution in [0.5, 0.6) is 5.88 Å². The zero-order valence-electron chi connectivity index (χ0n) is 16.9. The lowest BCUT2D eigenvalue weighted by molar-refractivity contribution is 0.0938. The van der Waals surface area contributed by atoms with Crippen molar-refractivity contribution < 1.29 is 18.3 Å². The minimum atomic E-state index is -0.676. The summed E-state index contributed by atoms with van der Waals surface area (Å²) >= 11 is 0. The Balaban J connectivity index is 1.64. The standard InChI is InChI=1S/C22H24F2N4O2/c1-12-8-19-21(22(29)26-15-7-6-14(25)10-15)13(2)27-28(19)20(9-12)30-11-16-17(23)4-3-5-18(16)24/h3-5,8-9,14-15H,6-7,10-11,25H2,1-2H3,(H,26,29). The molecule has 30 heavy (non-hydrogen) atoms. The molecule has 6 nitrogen and oxygen atoms in total. The van der Waals surface area contributed by atoms with Gasteiger partial charge >= 0.3 is 0 Å². The van der Waals surface area contributed by atoms with Crippen LogP contribution in [0.15, 0.2) is 30.3 Å². The number of hydrogen-bond donors (Lipinski definition) is 2. The first-order valence-corrected chi connectivity index (χ1v) is 9.95. The number of hydrogen-bond acceptors (Lipinski definition) is 4. The van der Waals surface area contributed by atoms with Crippen molar-refractivity contribution in [1.82, 2.24) is 14.9 Å². The van der Waals surface area contributed by atoms with Crippen LogP contribution in [-0.2, 0) is 6.61 Å². The van der Waals surface area contributed by atoms with E-state index >= 15 is 0 Å². The molecule has 1 aliphatic carbocycles. The molecule has 0 aliphatic heterocycles. The summed E-state index contributed by atoms with van der Waals surface area (Å²) < 4.78 is 35.1. The van der Waals surface area contributed by atoms with Crippen molar-refractivity contribution in [1.29, 1.82) is 0 Å². The molecule has 1 aliphatic rings. The summed E-state index contributed by atoms with van der Waals surface area (Å²) in [6, 6.07) is 7.39. The highest BCUT2D eigenvalue weighted by Gasteiger charge is 2.26. The summed E-state index contributed by atoms with van der Waals surface area (Å²) in [5, 5.41) is 7.48. The molecule has 1 saturated carbocycles. The number of nitrogens with one attached hydrogen (secondary N) is 1. The minimum absolute atomic E-state index is 0.0476. The molecular weight excluding hydrogens is 390 g/mol. The van der Waals surface area contributed by atoms with Crippen molar-refractivity contribution in [2.24, 2.45) is 5.73 Å². The Bertz CT molecular complexity index is 1090. The van der Waals surface area contributed by atoms with Crippen LogP contribution in [0.4, 0.5) is 8.78 Å². The number of benzene rings is 1. The maximum atomic E-state index is 13.9. The molecule has 0 spiro atoms. The molecular formula is C22H24F2N4O2. The fourth-order valence-corrected chi connectivity index (χ4v) is 3.96. The molecule has 8 heteroatoms. The first kappa shape index (κ1) is 20.3. The predicted octanol–water partition coefficient (Wildman–Crippen LogP) is 3.42. The lowest BCUT2D eigenvalue weighted by atomic mass is 10.1. The van der Waals surface area contributed by atoms with Gasteiger partial charge in [0.2, 0.25) is 5.88 Å². The van der Waals surface area contributed by atoms with Crippen LogP contribution in [0.25, 0.3) is 5.52 Å². The molecule has 1 fully saturated rings. The second kappa shape index (κ2) is 8.02. The highest BCUT2D eigenvalue weighted by atomic mass is 19.1. The maximum absolute atomic E-state index is 13.9. The zero-order chi connectivity index (χ0) is 21.4. The lowest BCUT2D eigenvalue weighted by Gasteiger charge is -2.13. The molecule has 1 amide bonds. The number of nitrogens with two attached hydrogens (primary N) is 1. The average Bonchev–Trinajstić information content (AvgIpc) is 3.23. The van der Waals surface area contributed by atoms with Crippen LogP contribution < -0.4 is 15.8 Å². The molecule has 0 radical (unpaired) electrons. The number of nitrogens with zero attached hydrogens (tertiary/aromatic N) is 2. The zero-order valence-corrected chi connectivity index (χ0v) is 16.9. The number of carbonyl (C=O) groups excluding carboxylic acids is 1. The Morgan fingerprint density at radius 1 is 1.27 bits per heavy atom. The Kier molecular flexibility index (Phi) is 5.42. The number of fused-ring (bicyclic) bond motifs is 1. The van der Waals surface area contributed by atoms with Gasteiger partial charge in [-0.3, -0.25) is 4.79 Å². The van der Waals surface area contributed by atoms with Gasteiger partial charge in [0.15, 0.2) is 0 Å². The molecule has 0 saturated heterocycles. The summed E-state index contributed by atoms with van der Waals surface area (Å²) in [6.45, 7) is 3.31. The first-order chi connectivity index (χ1) is 14.3. The molecule has 3 N–H and O–H groups in total. The SMILES string of the molecule is Cc1cc(OCc2c(F)cccc2F)n2nc(C)c(C(=O)NC3CCC(N)C3)c2c1. The minimum Gasteiger partial charge on any atom is -0.473 e. The van der Waals surface area contributed by atoms with Gasteiger partial charge in [-0.25, -0.2) is 8.78 Å². The molecule has 4 rings (SSSR count). The highest BCUT2D eigenvalue weighted by Crippen LogP contribution is 2.26. The van der Waals surface area contributed by atoms with Gasteiger partial charge in [0.05, 0.1) is 22.3 Å². The normalized spacial score (nSPS) is 18.7. The van der Waals surface area contributed by atoms with Gasteiger partial charge in [0.1, 0.15) is 18.2 Å². The fourth-order valence-electron chi connectivity index (χ4n) is 3.96. The van der Waals surface area contributed by atoms with Gasteiger partial charge in [-0.1, -0.05) is 6.07 Å². The Morgan fingerprint density at radius 3 is 2.67 bits per heavy atom. The van der Waals surface area contributed by atoms with E-state index in [9.17, 15) is 13.6 Å². The summed E-state index contributed by atoms with van der Waals surface area (Å²) in [4.78, 5) is 12.9. The van der Waals surface area contributed by atoms with Crippen molar-refractivity contribution in [2.45, 2.75) is 51.8 Å². The van der Waals surface area contributed by atoms with Gasteiger partial charge in [0, 0.05) is 18.2 Å². The van der Waals surface area contributed by atoms with E-state index < -0.39 is 11.6 Å². The summed E-state index contributed by atoms with van der Waals surface area (Å²) in [5.74, 6) is -1.26. The highest BCUT2D eigenvalue weighted by molar-refractivity contribution is 6.02. The van der Waals surface area contributed by atoms with E-state index in [-0.39, 0.29) is 30.2 Å². The summed E-state index contributed by atoms with van der Waals surface area (Å²) in [6.07, 6.45) is 2.50. The molecule has 2 unspecified atom stereocenters. The lowest BCUT2D eigenvalue weighted by Crippen LogP contribution is -2.34. The Hall–Kier alpha value is -3.00. The Labute approximate surface area is 173 Å². The van der Waals surface area contributed by atoms with Crippen LogP contribution in [0.3, 0.4) is 0 Å². The number of aromatic nitrogens is 2. The third kappa shape index (κ3) is 3.87. The summed E-state index contributed by atoms with van der Waals surface area (Å²) in [7, 11) is 0. The molecule has 158 valence electrons. The number of rotatable bonds is 5. The van der Waals surface area contributed by atoms with Gasteiger partial charge in [-0.2, -0.15) is 9.61 Å². The second-order valence-electron chi connectivity index (χ2n) is 7.86. The van der Waals surface area contributed by atoms with Crippen molar-refractivity contribution in [2.75, 3.05) is 0 Å². The van der Waals surface area contributed by atoms with Crippen LogP contribution in [0.1, 0.15) is 46.4 Å². The number of pyridine rings is 1.